The minimum absolute atomic E-state index is 0.256. The Bertz CT molecular complexity index is 762. The van der Waals surface area contributed by atoms with Crippen molar-refractivity contribution >= 4 is 11.5 Å². The summed E-state index contributed by atoms with van der Waals surface area (Å²) in [4.78, 5) is 12.2. The lowest BCUT2D eigenvalue weighted by molar-refractivity contribution is -0.130. The van der Waals surface area contributed by atoms with Gasteiger partial charge < -0.3 is 4.74 Å². The van der Waals surface area contributed by atoms with Crippen molar-refractivity contribution in [3.05, 3.63) is 82.9 Å². The van der Waals surface area contributed by atoms with Crippen molar-refractivity contribution < 1.29 is 9.53 Å². The van der Waals surface area contributed by atoms with E-state index in [2.05, 4.69) is 31.2 Å². The van der Waals surface area contributed by atoms with E-state index in [1.807, 2.05) is 43.3 Å². The smallest absolute Gasteiger partial charge is 0.339 e. The van der Waals surface area contributed by atoms with Crippen molar-refractivity contribution in [3.8, 4) is 5.75 Å². The lowest BCUT2D eigenvalue weighted by Crippen LogP contribution is -2.12. The monoisotopic (exact) mass is 304 g/mol. The molecule has 0 radical (unpaired) electrons. The summed E-state index contributed by atoms with van der Waals surface area (Å²) in [7, 11) is 0. The van der Waals surface area contributed by atoms with Crippen molar-refractivity contribution in [2.75, 3.05) is 0 Å². The van der Waals surface area contributed by atoms with E-state index in [-0.39, 0.29) is 5.97 Å². The largest absolute Gasteiger partial charge is 0.423 e. The summed E-state index contributed by atoms with van der Waals surface area (Å²) in [5.74, 6) is 0.336. The van der Waals surface area contributed by atoms with Gasteiger partial charge in [-0.2, -0.15) is 0 Å². The molecule has 1 aliphatic carbocycles. The fraction of sp³-hybridized carbons (Fsp3) is 0.190. The van der Waals surface area contributed by atoms with Gasteiger partial charge in [0.15, 0.2) is 0 Å². The maximum absolute atomic E-state index is 12.2. The van der Waals surface area contributed by atoms with Crippen LogP contribution in [0.3, 0.4) is 0 Å². The predicted octanol–water partition coefficient (Wildman–Crippen LogP) is 5.01. The predicted molar refractivity (Wildman–Crippen MR) is 93.3 cm³/mol. The van der Waals surface area contributed by atoms with Crippen molar-refractivity contribution in [2.24, 2.45) is 0 Å². The van der Waals surface area contributed by atoms with E-state index in [1.54, 1.807) is 0 Å². The summed E-state index contributed by atoms with van der Waals surface area (Å²) in [5, 5.41) is 0. The van der Waals surface area contributed by atoms with Crippen molar-refractivity contribution in [1.82, 2.24) is 0 Å². The van der Waals surface area contributed by atoms with E-state index in [4.69, 9.17) is 4.74 Å². The second-order valence-electron chi connectivity index (χ2n) is 5.95. The highest BCUT2D eigenvalue weighted by Crippen LogP contribution is 2.27. The Morgan fingerprint density at radius 3 is 2.00 bits per heavy atom. The zero-order chi connectivity index (χ0) is 16.2. The average Bonchev–Trinajstić information content (AvgIpc) is 2.58. The Labute approximate surface area is 137 Å². The molecule has 0 amide bonds. The third-order valence-electron chi connectivity index (χ3n) is 4.07. The molecule has 2 nitrogen and oxygen atoms in total. The molecule has 0 saturated carbocycles. The lowest BCUT2D eigenvalue weighted by atomic mass is 9.93. The molecule has 0 heterocycles. The third-order valence-corrected chi connectivity index (χ3v) is 4.07. The number of aryl methyl sites for hydroxylation is 2. The number of ether oxygens (including phenoxy) is 1. The van der Waals surface area contributed by atoms with E-state index in [0.717, 1.165) is 17.6 Å². The molecule has 2 aromatic carbocycles. The number of carbonyl (C=O) groups excluding carboxylic acids is 1. The maximum Gasteiger partial charge on any atom is 0.339 e. The first-order valence-corrected chi connectivity index (χ1v) is 7.87. The normalized spacial score (nSPS) is 14.0. The summed E-state index contributed by atoms with van der Waals surface area (Å²) in [6.45, 7) is 4.09. The van der Waals surface area contributed by atoms with Crippen LogP contribution in [0.4, 0.5) is 0 Å². The number of benzene rings is 2. The van der Waals surface area contributed by atoms with Crippen LogP contribution in [0, 0.1) is 13.8 Å². The second kappa shape index (κ2) is 6.66. The molecule has 0 fully saturated rings. The van der Waals surface area contributed by atoms with Crippen LogP contribution in [0.25, 0.3) is 5.57 Å². The minimum atomic E-state index is -0.256. The molecule has 0 aliphatic heterocycles. The Morgan fingerprint density at radius 1 is 0.826 bits per heavy atom. The number of esters is 1. The number of rotatable bonds is 3. The Balaban J connectivity index is 1.71. The molecule has 116 valence electrons. The van der Waals surface area contributed by atoms with Gasteiger partial charge in [-0.3, -0.25) is 0 Å². The molecule has 0 unspecified atom stereocenters. The molecule has 0 atom stereocenters. The molecule has 23 heavy (non-hydrogen) atoms. The van der Waals surface area contributed by atoms with Gasteiger partial charge in [0.1, 0.15) is 5.75 Å². The molecule has 0 aromatic heterocycles. The Kier molecular flexibility index (Phi) is 4.42. The van der Waals surface area contributed by atoms with Crippen LogP contribution >= 0.6 is 0 Å². The van der Waals surface area contributed by atoms with Crippen LogP contribution in [-0.2, 0) is 4.79 Å². The van der Waals surface area contributed by atoms with E-state index < -0.39 is 0 Å². The quantitative estimate of drug-likeness (QED) is 0.588. The molecule has 2 heteroatoms. The number of hydrogen-bond donors (Lipinski definition) is 0. The van der Waals surface area contributed by atoms with Gasteiger partial charge in [0.25, 0.3) is 0 Å². The molecular weight excluding hydrogens is 284 g/mol. The second-order valence-corrected chi connectivity index (χ2v) is 5.95. The van der Waals surface area contributed by atoms with Crippen LogP contribution in [0.15, 0.2) is 66.3 Å². The molecule has 1 aliphatic rings. The van der Waals surface area contributed by atoms with Gasteiger partial charge in [-0.05, 0) is 50.0 Å². The summed E-state index contributed by atoms with van der Waals surface area (Å²) in [6, 6.07) is 16.0. The van der Waals surface area contributed by atoms with Crippen molar-refractivity contribution in [3.63, 3.8) is 0 Å². The molecular formula is C21H20O2. The van der Waals surface area contributed by atoms with Gasteiger partial charge in [0, 0.05) is 5.57 Å². The van der Waals surface area contributed by atoms with Gasteiger partial charge in [0.05, 0.1) is 0 Å². The van der Waals surface area contributed by atoms with Crippen LogP contribution in [0.1, 0.15) is 29.5 Å². The van der Waals surface area contributed by atoms with Crippen LogP contribution in [0.2, 0.25) is 0 Å². The summed E-state index contributed by atoms with van der Waals surface area (Å²) in [5.41, 5.74) is 5.60. The number of carbonyl (C=O) groups is 1. The Hall–Kier alpha value is -2.61. The first-order chi connectivity index (χ1) is 11.1. The van der Waals surface area contributed by atoms with E-state index in [0.29, 0.717) is 12.2 Å². The summed E-state index contributed by atoms with van der Waals surface area (Å²) < 4.78 is 5.43. The van der Waals surface area contributed by atoms with E-state index in [9.17, 15) is 4.79 Å². The molecule has 3 rings (SSSR count). The Morgan fingerprint density at radius 2 is 1.43 bits per heavy atom. The van der Waals surface area contributed by atoms with Gasteiger partial charge >= 0.3 is 5.97 Å². The third kappa shape index (κ3) is 3.78. The molecule has 0 bridgehead atoms. The van der Waals surface area contributed by atoms with Crippen LogP contribution in [0.5, 0.6) is 5.75 Å². The number of allylic oxidation sites excluding steroid dienone is 3. The van der Waals surface area contributed by atoms with Gasteiger partial charge in [0.2, 0.25) is 0 Å². The first kappa shape index (κ1) is 15.3. The van der Waals surface area contributed by atoms with Gasteiger partial charge in [-0.25, -0.2) is 4.79 Å². The van der Waals surface area contributed by atoms with Crippen molar-refractivity contribution in [1.29, 1.82) is 0 Å². The zero-order valence-electron chi connectivity index (χ0n) is 13.5. The van der Waals surface area contributed by atoms with E-state index >= 15 is 0 Å². The SMILES string of the molecule is Cc1ccc(OC(=O)C2=CC=C(c3ccc(C)cc3)CC2)cc1. The number of hydrogen-bond acceptors (Lipinski definition) is 2. The minimum Gasteiger partial charge on any atom is -0.423 e. The first-order valence-electron chi connectivity index (χ1n) is 7.87. The maximum atomic E-state index is 12.2. The fourth-order valence-corrected chi connectivity index (χ4v) is 2.59. The highest BCUT2D eigenvalue weighted by molar-refractivity contribution is 5.92. The molecule has 0 spiro atoms. The van der Waals surface area contributed by atoms with Gasteiger partial charge in [-0.1, -0.05) is 59.7 Å². The van der Waals surface area contributed by atoms with Crippen LogP contribution in [-0.4, -0.2) is 5.97 Å². The van der Waals surface area contributed by atoms with E-state index in [1.165, 1.54) is 16.7 Å². The van der Waals surface area contributed by atoms with Gasteiger partial charge in [-0.15, -0.1) is 0 Å². The molecule has 0 N–H and O–H groups in total. The molecule has 0 saturated heterocycles. The fourth-order valence-electron chi connectivity index (χ4n) is 2.59. The summed E-state index contributed by atoms with van der Waals surface area (Å²) >= 11 is 0. The van der Waals surface area contributed by atoms with Crippen molar-refractivity contribution in [2.45, 2.75) is 26.7 Å². The standard InChI is InChI=1S/C21H20O2/c1-15-3-7-17(8-4-15)18-9-11-19(12-10-18)21(22)23-20-13-5-16(2)6-14-20/h3-9,11,13-14H,10,12H2,1-2H3. The van der Waals surface area contributed by atoms with Crippen LogP contribution < -0.4 is 4.74 Å². The molecule has 2 aromatic rings. The average molecular weight is 304 g/mol. The summed E-state index contributed by atoms with van der Waals surface area (Å²) in [6.07, 6.45) is 5.48. The highest BCUT2D eigenvalue weighted by atomic mass is 16.5. The topological polar surface area (TPSA) is 26.3 Å². The highest BCUT2D eigenvalue weighted by Gasteiger charge is 2.16. The lowest BCUT2D eigenvalue weighted by Gasteiger charge is -2.14. The zero-order valence-corrected chi connectivity index (χ0v) is 13.5.